The van der Waals surface area contributed by atoms with E-state index in [0.717, 1.165) is 64.1 Å². The van der Waals surface area contributed by atoms with E-state index in [4.69, 9.17) is 9.47 Å². The summed E-state index contributed by atoms with van der Waals surface area (Å²) in [6.07, 6.45) is 5.09. The van der Waals surface area contributed by atoms with Gasteiger partial charge in [0.05, 0.1) is 26.9 Å². The Morgan fingerprint density at radius 2 is 1.89 bits per heavy atom. The standard InChI is InChI=1S/C21H30N4O2/c1-23-10-8-22-20(23)14-24-9-7-21(15-24)16-25(11-12-27-17-21)13-18-3-5-19(26-2)6-4-18/h3-6,8,10H,7,9,11-17H2,1-2H3/t21-/m0/s1. The Hall–Kier alpha value is -1.89. The van der Waals surface area contributed by atoms with Crippen LogP contribution in [0.5, 0.6) is 5.75 Å². The average Bonchev–Trinajstić information content (AvgIpc) is 3.20. The first-order valence-corrected chi connectivity index (χ1v) is 9.77. The van der Waals surface area contributed by atoms with Crippen LogP contribution in [0.2, 0.25) is 0 Å². The van der Waals surface area contributed by atoms with Crippen LogP contribution < -0.4 is 4.74 Å². The first-order chi connectivity index (χ1) is 13.2. The number of ether oxygens (including phenoxy) is 2. The number of likely N-dealkylation sites (tertiary alicyclic amines) is 1. The first kappa shape index (κ1) is 18.5. The van der Waals surface area contributed by atoms with Gasteiger partial charge in [-0.1, -0.05) is 12.1 Å². The normalized spacial score (nSPS) is 24.4. The molecule has 0 amide bonds. The Bertz CT molecular complexity index is 745. The van der Waals surface area contributed by atoms with Crippen LogP contribution in [-0.2, 0) is 24.9 Å². The first-order valence-electron chi connectivity index (χ1n) is 9.77. The van der Waals surface area contributed by atoms with Gasteiger partial charge in [-0.25, -0.2) is 4.98 Å². The molecule has 3 heterocycles. The topological polar surface area (TPSA) is 42.8 Å². The third-order valence-electron chi connectivity index (χ3n) is 5.89. The van der Waals surface area contributed by atoms with Gasteiger partial charge in [0.1, 0.15) is 11.6 Å². The Kier molecular flexibility index (Phi) is 5.48. The smallest absolute Gasteiger partial charge is 0.122 e. The number of aromatic nitrogens is 2. The lowest BCUT2D eigenvalue weighted by molar-refractivity contribution is 0.0703. The minimum Gasteiger partial charge on any atom is -0.497 e. The average molecular weight is 370 g/mol. The van der Waals surface area contributed by atoms with Crippen LogP contribution in [0.4, 0.5) is 0 Å². The van der Waals surface area contributed by atoms with Crippen molar-refractivity contribution in [3.05, 3.63) is 48.0 Å². The highest BCUT2D eigenvalue weighted by atomic mass is 16.5. The molecule has 2 aliphatic heterocycles. The molecule has 1 aromatic carbocycles. The van der Waals surface area contributed by atoms with Crippen molar-refractivity contribution < 1.29 is 9.47 Å². The Labute approximate surface area is 161 Å². The van der Waals surface area contributed by atoms with E-state index in [1.54, 1.807) is 7.11 Å². The van der Waals surface area contributed by atoms with Crippen LogP contribution in [0.25, 0.3) is 0 Å². The Morgan fingerprint density at radius 3 is 2.59 bits per heavy atom. The molecular formula is C21H30N4O2. The van der Waals surface area contributed by atoms with E-state index in [-0.39, 0.29) is 5.41 Å². The molecular weight excluding hydrogens is 340 g/mol. The summed E-state index contributed by atoms with van der Waals surface area (Å²) in [5.41, 5.74) is 1.56. The number of aryl methyl sites for hydroxylation is 1. The molecule has 2 saturated heterocycles. The summed E-state index contributed by atoms with van der Waals surface area (Å²) in [6, 6.07) is 8.42. The molecule has 0 unspecified atom stereocenters. The zero-order valence-corrected chi connectivity index (χ0v) is 16.4. The Balaban J connectivity index is 1.39. The molecule has 2 fully saturated rings. The van der Waals surface area contributed by atoms with E-state index >= 15 is 0 Å². The fraction of sp³-hybridized carbons (Fsp3) is 0.571. The number of benzene rings is 1. The van der Waals surface area contributed by atoms with Gasteiger partial charge in [-0.05, 0) is 30.7 Å². The molecule has 1 atom stereocenters. The van der Waals surface area contributed by atoms with Crippen molar-refractivity contribution in [2.45, 2.75) is 19.5 Å². The van der Waals surface area contributed by atoms with Gasteiger partial charge in [0.15, 0.2) is 0 Å². The van der Waals surface area contributed by atoms with Gasteiger partial charge < -0.3 is 14.0 Å². The third kappa shape index (κ3) is 4.34. The number of hydrogen-bond acceptors (Lipinski definition) is 5. The summed E-state index contributed by atoms with van der Waals surface area (Å²) in [7, 11) is 3.78. The van der Waals surface area contributed by atoms with Crippen LogP contribution in [-0.4, -0.2) is 65.9 Å². The van der Waals surface area contributed by atoms with Crippen LogP contribution in [0.3, 0.4) is 0 Å². The predicted octanol–water partition coefficient (Wildman–Crippen LogP) is 2.15. The van der Waals surface area contributed by atoms with Gasteiger partial charge >= 0.3 is 0 Å². The molecule has 6 heteroatoms. The Morgan fingerprint density at radius 1 is 1.11 bits per heavy atom. The highest BCUT2D eigenvalue weighted by Crippen LogP contribution is 2.34. The lowest BCUT2D eigenvalue weighted by atomic mass is 9.87. The number of nitrogens with zero attached hydrogens (tertiary/aromatic N) is 4. The maximum atomic E-state index is 6.03. The van der Waals surface area contributed by atoms with E-state index in [1.165, 1.54) is 12.0 Å². The zero-order valence-electron chi connectivity index (χ0n) is 16.4. The number of rotatable bonds is 5. The van der Waals surface area contributed by atoms with E-state index in [2.05, 4.69) is 38.5 Å². The second-order valence-electron chi connectivity index (χ2n) is 8.03. The molecule has 0 radical (unpaired) electrons. The summed E-state index contributed by atoms with van der Waals surface area (Å²) >= 11 is 0. The lowest BCUT2D eigenvalue weighted by Gasteiger charge is -2.32. The molecule has 2 aromatic rings. The summed E-state index contributed by atoms with van der Waals surface area (Å²) in [5, 5.41) is 0. The molecule has 0 bridgehead atoms. The third-order valence-corrected chi connectivity index (χ3v) is 5.89. The van der Waals surface area contributed by atoms with Gasteiger partial charge in [-0.15, -0.1) is 0 Å². The summed E-state index contributed by atoms with van der Waals surface area (Å²) in [5.74, 6) is 2.05. The van der Waals surface area contributed by atoms with Crippen molar-refractivity contribution in [2.24, 2.45) is 12.5 Å². The maximum absolute atomic E-state index is 6.03. The lowest BCUT2D eigenvalue weighted by Crippen LogP contribution is -2.40. The highest BCUT2D eigenvalue weighted by Gasteiger charge is 2.41. The largest absolute Gasteiger partial charge is 0.497 e. The number of hydrogen-bond donors (Lipinski definition) is 0. The SMILES string of the molecule is COc1ccc(CN2CCOC[C@]3(CCN(Cc4nccn4C)C3)C2)cc1. The monoisotopic (exact) mass is 370 g/mol. The predicted molar refractivity (Wildman–Crippen MR) is 105 cm³/mol. The van der Waals surface area contributed by atoms with Crippen LogP contribution >= 0.6 is 0 Å². The molecule has 6 nitrogen and oxygen atoms in total. The maximum Gasteiger partial charge on any atom is 0.122 e. The molecule has 0 saturated carbocycles. The zero-order chi connectivity index (χ0) is 18.7. The fourth-order valence-electron chi connectivity index (χ4n) is 4.36. The van der Waals surface area contributed by atoms with Crippen molar-refractivity contribution >= 4 is 0 Å². The van der Waals surface area contributed by atoms with Crippen LogP contribution in [0, 0.1) is 5.41 Å². The van der Waals surface area contributed by atoms with Crippen molar-refractivity contribution in [1.82, 2.24) is 19.4 Å². The number of methoxy groups -OCH3 is 1. The van der Waals surface area contributed by atoms with Gasteiger partial charge in [0, 0.05) is 51.0 Å². The fourth-order valence-corrected chi connectivity index (χ4v) is 4.36. The molecule has 146 valence electrons. The van der Waals surface area contributed by atoms with Crippen molar-refractivity contribution in [2.75, 3.05) is 46.5 Å². The van der Waals surface area contributed by atoms with Gasteiger partial charge in [-0.2, -0.15) is 0 Å². The summed E-state index contributed by atoms with van der Waals surface area (Å²) < 4.78 is 13.4. The van der Waals surface area contributed by atoms with Gasteiger partial charge in [0.2, 0.25) is 0 Å². The van der Waals surface area contributed by atoms with Crippen molar-refractivity contribution in [1.29, 1.82) is 0 Å². The van der Waals surface area contributed by atoms with Gasteiger partial charge in [0.25, 0.3) is 0 Å². The van der Waals surface area contributed by atoms with E-state index in [9.17, 15) is 0 Å². The van der Waals surface area contributed by atoms with Crippen LogP contribution in [0.15, 0.2) is 36.7 Å². The molecule has 27 heavy (non-hydrogen) atoms. The van der Waals surface area contributed by atoms with E-state index in [0.29, 0.717) is 0 Å². The van der Waals surface area contributed by atoms with Crippen LogP contribution in [0.1, 0.15) is 17.8 Å². The minimum absolute atomic E-state index is 0.230. The summed E-state index contributed by atoms with van der Waals surface area (Å²) in [6.45, 7) is 7.85. The molecule has 2 aliphatic rings. The highest BCUT2D eigenvalue weighted by molar-refractivity contribution is 5.27. The van der Waals surface area contributed by atoms with E-state index < -0.39 is 0 Å². The molecule has 4 rings (SSSR count). The van der Waals surface area contributed by atoms with E-state index in [1.807, 2.05) is 24.5 Å². The quantitative estimate of drug-likeness (QED) is 0.807. The second kappa shape index (κ2) is 8.00. The molecule has 1 aromatic heterocycles. The molecule has 0 aliphatic carbocycles. The van der Waals surface area contributed by atoms with Crippen molar-refractivity contribution in [3.63, 3.8) is 0 Å². The molecule has 1 spiro atoms. The number of imidazole rings is 1. The second-order valence-corrected chi connectivity index (χ2v) is 8.03. The van der Waals surface area contributed by atoms with Gasteiger partial charge in [-0.3, -0.25) is 9.80 Å². The van der Waals surface area contributed by atoms with Crippen molar-refractivity contribution in [3.8, 4) is 5.75 Å². The summed E-state index contributed by atoms with van der Waals surface area (Å²) in [4.78, 5) is 9.57. The molecule has 0 N–H and O–H groups in total. The minimum atomic E-state index is 0.230.